The Balaban J connectivity index is 2.23. The van der Waals surface area contributed by atoms with Crippen molar-refractivity contribution >= 4 is 5.97 Å². The number of hydrogen-bond donors (Lipinski definition) is 0. The lowest BCUT2D eigenvalue weighted by Crippen LogP contribution is -2.06. The van der Waals surface area contributed by atoms with E-state index in [2.05, 4.69) is 6.58 Å². The van der Waals surface area contributed by atoms with E-state index >= 15 is 0 Å². The van der Waals surface area contributed by atoms with E-state index in [0.717, 1.165) is 18.4 Å². The molecule has 0 aliphatic rings. The molecule has 0 aromatic heterocycles. The molecule has 1 aromatic rings. The molecule has 0 unspecified atom stereocenters. The highest BCUT2D eigenvalue weighted by molar-refractivity contribution is 5.86. The van der Waals surface area contributed by atoms with Gasteiger partial charge in [-0.1, -0.05) is 18.7 Å². The van der Waals surface area contributed by atoms with Crippen LogP contribution < -0.4 is 0 Å². The summed E-state index contributed by atoms with van der Waals surface area (Å²) in [5, 5.41) is 0. The van der Waals surface area contributed by atoms with E-state index in [-0.39, 0.29) is 11.8 Å². The monoisotopic (exact) mass is 222 g/mol. The third-order valence-electron chi connectivity index (χ3n) is 2.10. The van der Waals surface area contributed by atoms with E-state index in [4.69, 9.17) is 4.74 Å². The Morgan fingerprint density at radius 3 is 2.56 bits per heavy atom. The van der Waals surface area contributed by atoms with Gasteiger partial charge in [-0.2, -0.15) is 0 Å². The molecule has 0 amide bonds. The molecular formula is C13H15FO2. The quantitative estimate of drug-likeness (QED) is 0.435. The molecule has 0 saturated heterocycles. The number of hydrogen-bond acceptors (Lipinski definition) is 2. The highest BCUT2D eigenvalue weighted by atomic mass is 19.1. The SMILES string of the molecule is C=C(C)C(=O)OCCCc1ccc(F)cc1. The fourth-order valence-corrected chi connectivity index (χ4v) is 1.22. The Morgan fingerprint density at radius 2 is 2.00 bits per heavy atom. The van der Waals surface area contributed by atoms with E-state index in [9.17, 15) is 9.18 Å². The summed E-state index contributed by atoms with van der Waals surface area (Å²) >= 11 is 0. The third kappa shape index (κ3) is 4.26. The molecule has 0 heterocycles. The van der Waals surface area contributed by atoms with Gasteiger partial charge in [-0.05, 0) is 37.5 Å². The maximum Gasteiger partial charge on any atom is 0.333 e. The molecule has 3 heteroatoms. The van der Waals surface area contributed by atoms with Crippen molar-refractivity contribution in [2.75, 3.05) is 6.61 Å². The van der Waals surface area contributed by atoms with Crippen LogP contribution in [0, 0.1) is 5.82 Å². The molecule has 0 fully saturated rings. The average Bonchev–Trinajstić information content (AvgIpc) is 2.26. The van der Waals surface area contributed by atoms with E-state index in [1.54, 1.807) is 19.1 Å². The number of ether oxygens (including phenoxy) is 1. The minimum Gasteiger partial charge on any atom is -0.462 e. The number of carbonyl (C=O) groups is 1. The zero-order chi connectivity index (χ0) is 12.0. The van der Waals surface area contributed by atoms with Crippen LogP contribution in [0.3, 0.4) is 0 Å². The molecule has 0 bridgehead atoms. The Kier molecular flexibility index (Phi) is 4.70. The lowest BCUT2D eigenvalue weighted by atomic mass is 10.1. The van der Waals surface area contributed by atoms with Crippen molar-refractivity contribution in [3.63, 3.8) is 0 Å². The van der Waals surface area contributed by atoms with E-state index in [0.29, 0.717) is 12.2 Å². The van der Waals surface area contributed by atoms with Crippen LogP contribution in [0.4, 0.5) is 4.39 Å². The van der Waals surface area contributed by atoms with Gasteiger partial charge in [0, 0.05) is 5.57 Å². The minimum atomic E-state index is -0.362. The zero-order valence-electron chi connectivity index (χ0n) is 9.33. The van der Waals surface area contributed by atoms with Gasteiger partial charge in [0.1, 0.15) is 5.82 Å². The second-order valence-electron chi connectivity index (χ2n) is 3.65. The van der Waals surface area contributed by atoms with Gasteiger partial charge in [0.25, 0.3) is 0 Å². The van der Waals surface area contributed by atoms with Crippen LogP contribution in [0.15, 0.2) is 36.4 Å². The number of esters is 1. The van der Waals surface area contributed by atoms with Gasteiger partial charge in [-0.25, -0.2) is 9.18 Å². The molecule has 0 spiro atoms. The molecule has 0 saturated carbocycles. The number of halogens is 1. The fourth-order valence-electron chi connectivity index (χ4n) is 1.22. The largest absolute Gasteiger partial charge is 0.462 e. The number of rotatable bonds is 5. The first kappa shape index (κ1) is 12.4. The van der Waals surface area contributed by atoms with Gasteiger partial charge in [0.15, 0.2) is 0 Å². The lowest BCUT2D eigenvalue weighted by Gasteiger charge is -2.04. The standard InChI is InChI=1S/C13H15FO2/c1-10(2)13(15)16-9-3-4-11-5-7-12(14)8-6-11/h5-8H,1,3-4,9H2,2H3. The van der Waals surface area contributed by atoms with Crippen molar-refractivity contribution in [2.24, 2.45) is 0 Å². The third-order valence-corrected chi connectivity index (χ3v) is 2.10. The van der Waals surface area contributed by atoms with E-state index in [1.807, 2.05) is 0 Å². The number of aryl methyl sites for hydroxylation is 1. The summed E-state index contributed by atoms with van der Waals surface area (Å²) in [6.45, 7) is 5.46. The molecule has 0 aliphatic carbocycles. The number of carbonyl (C=O) groups excluding carboxylic acids is 1. The maximum atomic E-state index is 12.6. The first-order valence-electron chi connectivity index (χ1n) is 5.16. The second kappa shape index (κ2) is 6.05. The summed E-state index contributed by atoms with van der Waals surface area (Å²) in [6.07, 6.45) is 1.49. The summed E-state index contributed by atoms with van der Waals surface area (Å²) in [6, 6.07) is 6.32. The molecular weight excluding hydrogens is 207 g/mol. The van der Waals surface area contributed by atoms with Crippen LogP contribution in [0.25, 0.3) is 0 Å². The van der Waals surface area contributed by atoms with Crippen molar-refractivity contribution in [3.8, 4) is 0 Å². The molecule has 0 radical (unpaired) electrons. The van der Waals surface area contributed by atoms with Crippen molar-refractivity contribution in [2.45, 2.75) is 19.8 Å². The van der Waals surface area contributed by atoms with E-state index < -0.39 is 0 Å². The van der Waals surface area contributed by atoms with Gasteiger partial charge in [-0.3, -0.25) is 0 Å². The van der Waals surface area contributed by atoms with Crippen LogP contribution in [0.1, 0.15) is 18.9 Å². The van der Waals surface area contributed by atoms with Crippen molar-refractivity contribution in [3.05, 3.63) is 47.8 Å². The Hall–Kier alpha value is -1.64. The average molecular weight is 222 g/mol. The van der Waals surface area contributed by atoms with Gasteiger partial charge < -0.3 is 4.74 Å². The lowest BCUT2D eigenvalue weighted by molar-refractivity contribution is -0.139. The molecule has 0 atom stereocenters. The smallest absolute Gasteiger partial charge is 0.333 e. The molecule has 86 valence electrons. The van der Waals surface area contributed by atoms with E-state index in [1.165, 1.54) is 12.1 Å². The molecule has 2 nitrogen and oxygen atoms in total. The predicted molar refractivity (Wildman–Crippen MR) is 60.5 cm³/mol. The predicted octanol–water partition coefficient (Wildman–Crippen LogP) is 2.88. The van der Waals surface area contributed by atoms with Crippen molar-refractivity contribution in [1.82, 2.24) is 0 Å². The molecule has 0 aliphatic heterocycles. The zero-order valence-corrected chi connectivity index (χ0v) is 9.33. The molecule has 16 heavy (non-hydrogen) atoms. The summed E-state index contributed by atoms with van der Waals surface area (Å²) < 4.78 is 17.5. The first-order chi connectivity index (χ1) is 7.59. The summed E-state index contributed by atoms with van der Waals surface area (Å²) in [7, 11) is 0. The van der Waals surface area contributed by atoms with Gasteiger partial charge in [0.05, 0.1) is 6.61 Å². The van der Waals surface area contributed by atoms with Crippen LogP contribution in [0.2, 0.25) is 0 Å². The Labute approximate surface area is 94.7 Å². The van der Waals surface area contributed by atoms with Crippen molar-refractivity contribution in [1.29, 1.82) is 0 Å². The summed E-state index contributed by atoms with van der Waals surface area (Å²) in [4.78, 5) is 11.0. The highest BCUT2D eigenvalue weighted by Gasteiger charge is 2.02. The normalized spacial score (nSPS) is 9.88. The van der Waals surface area contributed by atoms with Gasteiger partial charge in [-0.15, -0.1) is 0 Å². The topological polar surface area (TPSA) is 26.3 Å². The van der Waals surface area contributed by atoms with Crippen molar-refractivity contribution < 1.29 is 13.9 Å². The maximum absolute atomic E-state index is 12.6. The van der Waals surface area contributed by atoms with Crippen LogP contribution >= 0.6 is 0 Å². The highest BCUT2D eigenvalue weighted by Crippen LogP contribution is 2.05. The van der Waals surface area contributed by atoms with Crippen LogP contribution in [-0.2, 0) is 16.0 Å². The Bertz CT molecular complexity index is 368. The van der Waals surface area contributed by atoms with Crippen LogP contribution in [-0.4, -0.2) is 12.6 Å². The molecule has 0 N–H and O–H groups in total. The Morgan fingerprint density at radius 1 is 1.38 bits per heavy atom. The number of benzene rings is 1. The van der Waals surface area contributed by atoms with Gasteiger partial charge in [0.2, 0.25) is 0 Å². The fraction of sp³-hybridized carbons (Fsp3) is 0.308. The van der Waals surface area contributed by atoms with Crippen LogP contribution in [0.5, 0.6) is 0 Å². The molecule has 1 rings (SSSR count). The van der Waals surface area contributed by atoms with Gasteiger partial charge >= 0.3 is 5.97 Å². The summed E-state index contributed by atoms with van der Waals surface area (Å²) in [5.41, 5.74) is 1.44. The minimum absolute atomic E-state index is 0.238. The molecule has 1 aromatic carbocycles. The first-order valence-corrected chi connectivity index (χ1v) is 5.16. The summed E-state index contributed by atoms with van der Waals surface area (Å²) in [5.74, 6) is -0.600. The second-order valence-corrected chi connectivity index (χ2v) is 3.65.